The Bertz CT molecular complexity index is 874. The lowest BCUT2D eigenvalue weighted by atomic mass is 10.1. The summed E-state index contributed by atoms with van der Waals surface area (Å²) in [6.07, 6.45) is 2.94. The third-order valence-corrected chi connectivity index (χ3v) is 3.75. The number of methoxy groups -OCH3 is 1. The van der Waals surface area contributed by atoms with Gasteiger partial charge in [0.05, 0.1) is 30.1 Å². The van der Waals surface area contributed by atoms with Gasteiger partial charge in [0.1, 0.15) is 0 Å². The molecule has 1 aromatic carbocycles. The average molecular weight is 337 g/mol. The van der Waals surface area contributed by atoms with Gasteiger partial charge in [-0.15, -0.1) is 6.58 Å². The van der Waals surface area contributed by atoms with Gasteiger partial charge in [-0.1, -0.05) is 6.08 Å². The maximum Gasteiger partial charge on any atom is 0.261 e. The minimum absolute atomic E-state index is 0.130. The quantitative estimate of drug-likeness (QED) is 0.667. The minimum atomic E-state index is -0.430. The highest BCUT2D eigenvalue weighted by Gasteiger charge is 2.35. The van der Waals surface area contributed by atoms with E-state index in [9.17, 15) is 14.4 Å². The molecule has 7 heteroatoms. The smallest absolute Gasteiger partial charge is 0.261 e. The zero-order valence-electron chi connectivity index (χ0n) is 13.5. The third kappa shape index (κ3) is 2.99. The van der Waals surface area contributed by atoms with Crippen molar-refractivity contribution < 1.29 is 19.1 Å². The number of nitrogens with one attached hydrogen (secondary N) is 1. The molecular formula is C18H15N3O4. The van der Waals surface area contributed by atoms with Crippen molar-refractivity contribution in [2.24, 2.45) is 0 Å². The Kier molecular flexibility index (Phi) is 4.30. The summed E-state index contributed by atoms with van der Waals surface area (Å²) >= 11 is 0. The van der Waals surface area contributed by atoms with Crippen LogP contribution < -0.4 is 10.1 Å². The second-order valence-electron chi connectivity index (χ2n) is 5.31. The summed E-state index contributed by atoms with van der Waals surface area (Å²) in [7, 11) is 1.50. The van der Waals surface area contributed by atoms with Crippen molar-refractivity contribution in [3.8, 4) is 5.88 Å². The van der Waals surface area contributed by atoms with E-state index in [1.807, 2.05) is 0 Å². The Morgan fingerprint density at radius 2 is 2.00 bits per heavy atom. The highest BCUT2D eigenvalue weighted by atomic mass is 16.5. The van der Waals surface area contributed by atoms with Crippen LogP contribution in [0.2, 0.25) is 0 Å². The average Bonchev–Trinajstić information content (AvgIpc) is 2.87. The van der Waals surface area contributed by atoms with Gasteiger partial charge in [-0.2, -0.15) is 0 Å². The van der Waals surface area contributed by atoms with Crippen LogP contribution in [0.4, 0.5) is 5.69 Å². The number of rotatable bonds is 5. The molecule has 0 saturated carbocycles. The molecule has 1 aliphatic rings. The van der Waals surface area contributed by atoms with E-state index < -0.39 is 11.8 Å². The monoisotopic (exact) mass is 337 g/mol. The van der Waals surface area contributed by atoms with Gasteiger partial charge in [0.15, 0.2) is 0 Å². The normalized spacial score (nSPS) is 12.8. The summed E-state index contributed by atoms with van der Waals surface area (Å²) in [6, 6.07) is 7.68. The van der Waals surface area contributed by atoms with Gasteiger partial charge in [0, 0.05) is 18.2 Å². The molecule has 126 valence electrons. The topological polar surface area (TPSA) is 88.6 Å². The van der Waals surface area contributed by atoms with Crippen LogP contribution in [0.1, 0.15) is 31.1 Å². The molecule has 3 amide bonds. The first kappa shape index (κ1) is 16.4. The van der Waals surface area contributed by atoms with E-state index in [2.05, 4.69) is 16.9 Å². The van der Waals surface area contributed by atoms with E-state index in [1.54, 1.807) is 12.1 Å². The van der Waals surface area contributed by atoms with E-state index in [-0.39, 0.29) is 29.1 Å². The van der Waals surface area contributed by atoms with E-state index in [0.717, 1.165) is 4.90 Å². The van der Waals surface area contributed by atoms with Crippen molar-refractivity contribution in [3.05, 3.63) is 65.9 Å². The molecule has 0 atom stereocenters. The highest BCUT2D eigenvalue weighted by Crippen LogP contribution is 2.24. The molecule has 7 nitrogen and oxygen atoms in total. The Balaban J connectivity index is 1.82. The number of ether oxygens (including phenoxy) is 1. The molecule has 25 heavy (non-hydrogen) atoms. The van der Waals surface area contributed by atoms with E-state index in [4.69, 9.17) is 4.74 Å². The number of amides is 3. The fourth-order valence-corrected chi connectivity index (χ4v) is 2.51. The number of anilines is 1. The number of benzene rings is 1. The predicted octanol–water partition coefficient (Wildman–Crippen LogP) is 2.12. The van der Waals surface area contributed by atoms with Crippen LogP contribution in [0.5, 0.6) is 5.88 Å². The van der Waals surface area contributed by atoms with Gasteiger partial charge in [-0.05, 0) is 24.3 Å². The second kappa shape index (κ2) is 6.56. The van der Waals surface area contributed by atoms with Crippen LogP contribution in [0.15, 0.2) is 49.2 Å². The molecule has 0 saturated heterocycles. The standard InChI is InChI=1S/C18H15N3O4/c1-3-8-21-17(23)13-6-4-11(9-14(13)18(21)24)16(22)20-12-5-7-15(25-2)19-10-12/h3-7,9-10H,1,8H2,2H3,(H,20,22). The zero-order valence-corrected chi connectivity index (χ0v) is 13.5. The molecule has 0 radical (unpaired) electrons. The number of pyridine rings is 1. The van der Waals surface area contributed by atoms with E-state index in [1.165, 1.54) is 37.6 Å². The van der Waals surface area contributed by atoms with Gasteiger partial charge in [-0.3, -0.25) is 19.3 Å². The molecule has 0 spiro atoms. The Morgan fingerprint density at radius 3 is 2.64 bits per heavy atom. The molecule has 2 heterocycles. The molecule has 3 rings (SSSR count). The number of carbonyl (C=O) groups excluding carboxylic acids is 3. The van der Waals surface area contributed by atoms with Gasteiger partial charge in [0.25, 0.3) is 17.7 Å². The lowest BCUT2D eigenvalue weighted by molar-refractivity contribution is 0.0672. The largest absolute Gasteiger partial charge is 0.481 e. The van der Waals surface area contributed by atoms with Crippen molar-refractivity contribution in [1.82, 2.24) is 9.88 Å². The van der Waals surface area contributed by atoms with Crippen LogP contribution >= 0.6 is 0 Å². The first-order valence-electron chi connectivity index (χ1n) is 7.47. The minimum Gasteiger partial charge on any atom is -0.481 e. The van der Waals surface area contributed by atoms with Crippen LogP contribution in [0, 0.1) is 0 Å². The van der Waals surface area contributed by atoms with Gasteiger partial charge >= 0.3 is 0 Å². The Morgan fingerprint density at radius 1 is 1.24 bits per heavy atom. The Labute approximate surface area is 143 Å². The van der Waals surface area contributed by atoms with Crippen molar-refractivity contribution >= 4 is 23.4 Å². The van der Waals surface area contributed by atoms with Crippen LogP contribution in [0.3, 0.4) is 0 Å². The molecule has 0 aliphatic carbocycles. The molecule has 2 aromatic rings. The van der Waals surface area contributed by atoms with Crippen LogP contribution in [-0.4, -0.2) is 41.3 Å². The highest BCUT2D eigenvalue weighted by molar-refractivity contribution is 6.22. The summed E-state index contributed by atoms with van der Waals surface area (Å²) in [5.74, 6) is -0.786. The summed E-state index contributed by atoms with van der Waals surface area (Å²) in [5, 5.41) is 2.68. The predicted molar refractivity (Wildman–Crippen MR) is 90.7 cm³/mol. The summed E-state index contributed by atoms with van der Waals surface area (Å²) < 4.78 is 4.96. The number of aromatic nitrogens is 1. The number of carbonyl (C=O) groups is 3. The lowest BCUT2D eigenvalue weighted by Crippen LogP contribution is -2.29. The van der Waals surface area contributed by atoms with Crippen LogP contribution in [-0.2, 0) is 0 Å². The third-order valence-electron chi connectivity index (χ3n) is 3.75. The van der Waals surface area contributed by atoms with Crippen LogP contribution in [0.25, 0.3) is 0 Å². The molecule has 0 fully saturated rings. The van der Waals surface area contributed by atoms with Crippen molar-refractivity contribution in [1.29, 1.82) is 0 Å². The number of hydrogen-bond acceptors (Lipinski definition) is 5. The molecule has 1 aromatic heterocycles. The molecule has 0 unspecified atom stereocenters. The SMILES string of the molecule is C=CCN1C(=O)c2ccc(C(=O)Nc3ccc(OC)nc3)cc2C1=O. The maximum absolute atomic E-state index is 12.4. The number of nitrogens with zero attached hydrogens (tertiary/aromatic N) is 2. The lowest BCUT2D eigenvalue weighted by Gasteiger charge is -2.09. The maximum atomic E-state index is 12.4. The van der Waals surface area contributed by atoms with Gasteiger partial charge in [0.2, 0.25) is 5.88 Å². The Hall–Kier alpha value is -3.48. The van der Waals surface area contributed by atoms with Crippen molar-refractivity contribution in [3.63, 3.8) is 0 Å². The fourth-order valence-electron chi connectivity index (χ4n) is 2.51. The summed E-state index contributed by atoms with van der Waals surface area (Å²) in [5.41, 5.74) is 1.26. The molecule has 0 bridgehead atoms. The zero-order chi connectivity index (χ0) is 18.0. The molecular weight excluding hydrogens is 322 g/mol. The number of fused-ring (bicyclic) bond motifs is 1. The van der Waals surface area contributed by atoms with Gasteiger partial charge in [-0.25, -0.2) is 4.98 Å². The van der Waals surface area contributed by atoms with Gasteiger partial charge < -0.3 is 10.1 Å². The summed E-state index contributed by atoms with van der Waals surface area (Å²) in [6.45, 7) is 3.67. The summed E-state index contributed by atoms with van der Waals surface area (Å²) in [4.78, 5) is 41.9. The van der Waals surface area contributed by atoms with E-state index >= 15 is 0 Å². The number of imide groups is 1. The first-order valence-corrected chi connectivity index (χ1v) is 7.47. The molecule has 1 N–H and O–H groups in total. The number of hydrogen-bond donors (Lipinski definition) is 1. The first-order chi connectivity index (χ1) is 12.0. The fraction of sp³-hybridized carbons (Fsp3) is 0.111. The van der Waals surface area contributed by atoms with E-state index in [0.29, 0.717) is 11.6 Å². The molecule has 1 aliphatic heterocycles. The van der Waals surface area contributed by atoms with Crippen molar-refractivity contribution in [2.45, 2.75) is 0 Å². The van der Waals surface area contributed by atoms with Crippen molar-refractivity contribution in [2.75, 3.05) is 19.0 Å². The second-order valence-corrected chi connectivity index (χ2v) is 5.31.